The lowest BCUT2D eigenvalue weighted by molar-refractivity contribution is -0.138. The van der Waals surface area contributed by atoms with Gasteiger partial charge in [0.15, 0.2) is 5.78 Å². The molecule has 90 valence electrons. The number of carbonyl (C=O) groups excluding carboxylic acids is 3. The van der Waals surface area contributed by atoms with E-state index in [4.69, 9.17) is 10.8 Å². The fourth-order valence-electron chi connectivity index (χ4n) is 1.24. The van der Waals surface area contributed by atoms with Crippen molar-refractivity contribution >= 4 is 23.3 Å². The number of carboxylic acid groups (broad SMARTS) is 1. The molecule has 0 aliphatic heterocycles. The minimum atomic E-state index is -1.18. The van der Waals surface area contributed by atoms with Crippen molar-refractivity contribution in [2.75, 3.05) is 0 Å². The van der Waals surface area contributed by atoms with Crippen molar-refractivity contribution in [2.24, 2.45) is 5.73 Å². The normalized spacial score (nSPS) is 16.6. The highest BCUT2D eigenvalue weighted by molar-refractivity contribution is 6.47. The number of aliphatic carboxylic acids is 1. The molecule has 0 aromatic carbocycles. The first-order valence-corrected chi connectivity index (χ1v) is 4.91. The molecule has 1 aliphatic rings. The molecule has 6 nitrogen and oxygen atoms in total. The summed E-state index contributed by atoms with van der Waals surface area (Å²) < 4.78 is 0. The average Bonchev–Trinajstić information content (AvgIpc) is 2.28. The summed E-state index contributed by atoms with van der Waals surface area (Å²) in [6, 6.07) is -1.11. The van der Waals surface area contributed by atoms with Gasteiger partial charge in [-0.05, 0) is 18.6 Å². The van der Waals surface area contributed by atoms with Crippen LogP contribution in [0.4, 0.5) is 0 Å². The highest BCUT2D eigenvalue weighted by atomic mass is 16.4. The Morgan fingerprint density at radius 2 is 1.88 bits per heavy atom. The fourth-order valence-corrected chi connectivity index (χ4v) is 1.24. The van der Waals surface area contributed by atoms with Gasteiger partial charge < -0.3 is 10.8 Å². The Balaban J connectivity index is 2.58. The third-order valence-electron chi connectivity index (χ3n) is 2.27. The molecule has 0 bridgehead atoms. The van der Waals surface area contributed by atoms with E-state index in [1.165, 1.54) is 6.08 Å². The van der Waals surface area contributed by atoms with E-state index in [1.54, 1.807) is 0 Å². The number of nitrogens with two attached hydrogens (primary N) is 1. The largest absolute Gasteiger partial charge is 0.480 e. The van der Waals surface area contributed by atoms with Gasteiger partial charge in [0.1, 0.15) is 6.04 Å². The van der Waals surface area contributed by atoms with Crippen LogP contribution >= 0.6 is 0 Å². The van der Waals surface area contributed by atoms with Gasteiger partial charge in [0.25, 0.3) is 0 Å². The van der Waals surface area contributed by atoms with E-state index in [2.05, 4.69) is 0 Å². The smallest absolute Gasteiger partial charge is 0.320 e. The molecule has 0 saturated heterocycles. The molecule has 0 radical (unpaired) electrons. The first-order valence-electron chi connectivity index (χ1n) is 4.91. The lowest BCUT2D eigenvalue weighted by Crippen LogP contribution is -2.30. The van der Waals surface area contributed by atoms with E-state index in [0.29, 0.717) is 0 Å². The van der Waals surface area contributed by atoms with E-state index in [9.17, 15) is 19.2 Å². The second-order valence-corrected chi connectivity index (χ2v) is 3.57. The molecule has 0 saturated carbocycles. The topological polar surface area (TPSA) is 115 Å². The predicted octanol–water partition coefficient (Wildman–Crippen LogP) is -0.618. The summed E-state index contributed by atoms with van der Waals surface area (Å²) in [6.07, 6.45) is 3.13. The number of hydrogen-bond donors (Lipinski definition) is 2. The zero-order chi connectivity index (χ0) is 13.0. The monoisotopic (exact) mass is 237 g/mol. The van der Waals surface area contributed by atoms with Crippen LogP contribution in [-0.4, -0.2) is 34.5 Å². The SMILES string of the molecule is N[C@@H](CCC(=O)C1=CC(=O)C(=O)C=C1)C(=O)O. The predicted molar refractivity (Wildman–Crippen MR) is 57.1 cm³/mol. The van der Waals surface area contributed by atoms with Crippen LogP contribution in [0.3, 0.4) is 0 Å². The number of carboxylic acids is 1. The maximum absolute atomic E-state index is 11.5. The summed E-state index contributed by atoms with van der Waals surface area (Å²) in [4.78, 5) is 43.8. The molecule has 1 rings (SSSR count). The number of carbonyl (C=O) groups is 4. The van der Waals surface area contributed by atoms with Gasteiger partial charge in [-0.15, -0.1) is 0 Å². The van der Waals surface area contributed by atoms with Crippen molar-refractivity contribution in [2.45, 2.75) is 18.9 Å². The average molecular weight is 237 g/mol. The number of ketones is 3. The van der Waals surface area contributed by atoms with Crippen LogP contribution in [0.5, 0.6) is 0 Å². The second-order valence-electron chi connectivity index (χ2n) is 3.57. The Morgan fingerprint density at radius 1 is 1.24 bits per heavy atom. The number of hydrogen-bond acceptors (Lipinski definition) is 5. The van der Waals surface area contributed by atoms with Crippen molar-refractivity contribution < 1.29 is 24.3 Å². The summed E-state index contributed by atoms with van der Waals surface area (Å²) in [5.41, 5.74) is 5.34. The van der Waals surface area contributed by atoms with Crippen molar-refractivity contribution in [3.05, 3.63) is 23.8 Å². The quantitative estimate of drug-likeness (QED) is 0.486. The van der Waals surface area contributed by atoms with Gasteiger partial charge in [-0.1, -0.05) is 0 Å². The van der Waals surface area contributed by atoms with Crippen molar-refractivity contribution in [3.63, 3.8) is 0 Å². The number of allylic oxidation sites excluding steroid dienone is 4. The molecule has 0 aromatic rings. The van der Waals surface area contributed by atoms with Gasteiger partial charge in [-0.25, -0.2) is 0 Å². The summed E-state index contributed by atoms with van der Waals surface area (Å²) in [7, 11) is 0. The Kier molecular flexibility index (Phi) is 4.06. The van der Waals surface area contributed by atoms with Crippen LogP contribution in [0.25, 0.3) is 0 Å². The number of Topliss-reactive ketones (excluding diaryl/α,β-unsaturated/α-hetero) is 1. The first-order chi connectivity index (χ1) is 7.91. The summed E-state index contributed by atoms with van der Waals surface area (Å²) in [6.45, 7) is 0. The highest BCUT2D eigenvalue weighted by Gasteiger charge is 2.19. The Hall–Kier alpha value is -2.08. The lowest BCUT2D eigenvalue weighted by atomic mass is 9.98. The van der Waals surface area contributed by atoms with Gasteiger partial charge in [0.2, 0.25) is 11.6 Å². The molecule has 0 unspecified atom stereocenters. The summed E-state index contributed by atoms with van der Waals surface area (Å²) in [5, 5.41) is 8.52. The van der Waals surface area contributed by atoms with Gasteiger partial charge in [0, 0.05) is 18.1 Å². The Labute approximate surface area is 96.8 Å². The molecule has 6 heteroatoms. The van der Waals surface area contributed by atoms with Crippen molar-refractivity contribution in [1.82, 2.24) is 0 Å². The fraction of sp³-hybridized carbons (Fsp3) is 0.273. The van der Waals surface area contributed by atoms with Gasteiger partial charge in [-0.2, -0.15) is 0 Å². The maximum atomic E-state index is 11.5. The minimum Gasteiger partial charge on any atom is -0.480 e. The number of rotatable bonds is 5. The maximum Gasteiger partial charge on any atom is 0.320 e. The van der Waals surface area contributed by atoms with Crippen LogP contribution in [0, 0.1) is 0 Å². The van der Waals surface area contributed by atoms with Crippen LogP contribution in [0.1, 0.15) is 12.8 Å². The molecule has 1 aliphatic carbocycles. The summed E-state index contributed by atoms with van der Waals surface area (Å²) in [5.74, 6) is -3.02. The van der Waals surface area contributed by atoms with E-state index >= 15 is 0 Å². The molecule has 17 heavy (non-hydrogen) atoms. The molecular formula is C11H11NO5. The van der Waals surface area contributed by atoms with E-state index in [1.807, 2.05) is 0 Å². The molecule has 0 amide bonds. The van der Waals surface area contributed by atoms with E-state index < -0.39 is 29.4 Å². The molecule has 0 heterocycles. The summed E-state index contributed by atoms with van der Waals surface area (Å²) >= 11 is 0. The van der Waals surface area contributed by atoms with Gasteiger partial charge in [-0.3, -0.25) is 19.2 Å². The first kappa shape index (κ1) is 13.0. The third kappa shape index (κ3) is 3.46. The van der Waals surface area contributed by atoms with Crippen molar-refractivity contribution in [1.29, 1.82) is 0 Å². The van der Waals surface area contributed by atoms with Crippen LogP contribution in [-0.2, 0) is 19.2 Å². The van der Waals surface area contributed by atoms with E-state index in [0.717, 1.165) is 12.2 Å². The Morgan fingerprint density at radius 3 is 2.41 bits per heavy atom. The molecule has 0 fully saturated rings. The molecule has 3 N–H and O–H groups in total. The minimum absolute atomic E-state index is 0.0124. The zero-order valence-corrected chi connectivity index (χ0v) is 8.88. The zero-order valence-electron chi connectivity index (χ0n) is 8.88. The van der Waals surface area contributed by atoms with Crippen molar-refractivity contribution in [3.8, 4) is 0 Å². The second kappa shape index (κ2) is 5.31. The molecular weight excluding hydrogens is 226 g/mol. The van der Waals surface area contributed by atoms with Crippen LogP contribution < -0.4 is 5.73 Å². The highest BCUT2D eigenvalue weighted by Crippen LogP contribution is 2.10. The molecule has 0 spiro atoms. The van der Waals surface area contributed by atoms with Crippen LogP contribution in [0.15, 0.2) is 23.8 Å². The standard InChI is InChI=1S/C11H11NO5/c12-7(11(16)17)2-4-8(13)6-1-3-9(14)10(15)5-6/h1,3,5,7H,2,4,12H2,(H,16,17)/t7-/m0/s1. The molecule has 0 aromatic heterocycles. The van der Waals surface area contributed by atoms with Gasteiger partial charge >= 0.3 is 5.97 Å². The van der Waals surface area contributed by atoms with Crippen LogP contribution in [0.2, 0.25) is 0 Å². The van der Waals surface area contributed by atoms with E-state index in [-0.39, 0.29) is 18.4 Å². The Bertz CT molecular complexity index is 447. The lowest BCUT2D eigenvalue weighted by Gasteiger charge is -2.07. The molecule has 1 atom stereocenters. The third-order valence-corrected chi connectivity index (χ3v) is 2.27. The van der Waals surface area contributed by atoms with Gasteiger partial charge in [0.05, 0.1) is 0 Å².